The highest BCUT2D eigenvalue weighted by Crippen LogP contribution is 2.25. The van der Waals surface area contributed by atoms with E-state index in [1.54, 1.807) is 0 Å². The Bertz CT molecular complexity index is 374. The molecule has 0 aromatic heterocycles. The number of carbonyl (C=O) groups is 1. The monoisotopic (exact) mass is 249 g/mol. The van der Waals surface area contributed by atoms with Gasteiger partial charge in [-0.05, 0) is 26.7 Å². The average Bonchev–Trinajstić information content (AvgIpc) is 2.62. The van der Waals surface area contributed by atoms with Gasteiger partial charge in [0.2, 0.25) is 5.91 Å². The number of amides is 1. The van der Waals surface area contributed by atoms with Crippen molar-refractivity contribution in [1.29, 1.82) is 0 Å². The highest BCUT2D eigenvalue weighted by atomic mass is 32.2. The summed E-state index contributed by atoms with van der Waals surface area (Å²) in [5, 5.41) is 9.11. The van der Waals surface area contributed by atoms with Crippen LogP contribution in [0.3, 0.4) is 0 Å². The lowest BCUT2D eigenvalue weighted by atomic mass is 10.1. The van der Waals surface area contributed by atoms with Crippen molar-refractivity contribution in [1.82, 2.24) is 4.90 Å². The van der Waals surface area contributed by atoms with Crippen molar-refractivity contribution in [2.75, 3.05) is 19.4 Å². The first-order chi connectivity index (χ1) is 7.21. The predicted molar refractivity (Wildman–Crippen MR) is 60.7 cm³/mol. The molecule has 0 aliphatic carbocycles. The maximum absolute atomic E-state index is 12.1. The van der Waals surface area contributed by atoms with E-state index in [2.05, 4.69) is 0 Å². The fraction of sp³-hybridized carbons (Fsp3) is 0.900. The van der Waals surface area contributed by atoms with Crippen LogP contribution >= 0.6 is 0 Å². The molecule has 1 saturated heterocycles. The number of likely N-dealkylation sites (tertiary alicyclic amines) is 1. The second-order valence-corrected chi connectivity index (χ2v) is 7.32. The molecule has 1 aliphatic heterocycles. The van der Waals surface area contributed by atoms with Crippen molar-refractivity contribution in [3.8, 4) is 0 Å². The second-order valence-electron chi connectivity index (χ2n) is 4.76. The molecule has 0 saturated carbocycles. The van der Waals surface area contributed by atoms with E-state index in [1.165, 1.54) is 18.7 Å². The third-order valence-corrected chi connectivity index (χ3v) is 5.32. The fourth-order valence-corrected chi connectivity index (χ4v) is 2.23. The molecule has 1 rings (SSSR count). The van der Waals surface area contributed by atoms with Crippen molar-refractivity contribution in [2.45, 2.75) is 37.5 Å². The first-order valence-electron chi connectivity index (χ1n) is 5.33. The predicted octanol–water partition coefficient (Wildman–Crippen LogP) is -0.207. The molecule has 0 radical (unpaired) electrons. The Kier molecular flexibility index (Phi) is 3.64. The summed E-state index contributed by atoms with van der Waals surface area (Å²) in [4.78, 5) is 13.6. The zero-order chi connectivity index (χ0) is 12.6. The largest absolute Gasteiger partial charge is 0.394 e. The van der Waals surface area contributed by atoms with Gasteiger partial charge in [-0.25, -0.2) is 8.42 Å². The molecule has 0 aromatic rings. The van der Waals surface area contributed by atoms with Crippen molar-refractivity contribution < 1.29 is 18.3 Å². The number of hydrogen-bond donors (Lipinski definition) is 1. The zero-order valence-electron chi connectivity index (χ0n) is 9.93. The fourth-order valence-electron chi connectivity index (χ4n) is 1.80. The minimum atomic E-state index is -3.44. The third kappa shape index (κ3) is 2.22. The summed E-state index contributed by atoms with van der Waals surface area (Å²) in [6.07, 6.45) is 2.62. The summed E-state index contributed by atoms with van der Waals surface area (Å²) in [7, 11) is -3.44. The molecule has 1 fully saturated rings. The van der Waals surface area contributed by atoms with E-state index >= 15 is 0 Å². The molecule has 94 valence electrons. The van der Waals surface area contributed by atoms with Crippen LogP contribution < -0.4 is 0 Å². The van der Waals surface area contributed by atoms with Gasteiger partial charge in [0.25, 0.3) is 0 Å². The molecular formula is C10H19NO4S. The lowest BCUT2D eigenvalue weighted by Crippen LogP contribution is -2.51. The maximum Gasteiger partial charge on any atom is 0.243 e. The van der Waals surface area contributed by atoms with Gasteiger partial charge < -0.3 is 10.0 Å². The molecule has 1 aliphatic rings. The van der Waals surface area contributed by atoms with Crippen LogP contribution in [0, 0.1) is 0 Å². The maximum atomic E-state index is 12.1. The van der Waals surface area contributed by atoms with Crippen LogP contribution in [-0.4, -0.2) is 54.5 Å². The van der Waals surface area contributed by atoms with Gasteiger partial charge in [0.05, 0.1) is 12.6 Å². The van der Waals surface area contributed by atoms with E-state index in [9.17, 15) is 13.2 Å². The first kappa shape index (κ1) is 13.4. The van der Waals surface area contributed by atoms with Gasteiger partial charge in [0.1, 0.15) is 4.75 Å². The van der Waals surface area contributed by atoms with E-state index < -0.39 is 20.5 Å². The molecule has 1 atom stereocenters. The van der Waals surface area contributed by atoms with Crippen LogP contribution in [0.4, 0.5) is 0 Å². The summed E-state index contributed by atoms with van der Waals surface area (Å²) in [5.41, 5.74) is 0. The number of sulfone groups is 1. The van der Waals surface area contributed by atoms with Crippen molar-refractivity contribution in [3.05, 3.63) is 0 Å². The van der Waals surface area contributed by atoms with Crippen molar-refractivity contribution in [2.24, 2.45) is 0 Å². The normalized spacial score (nSPS) is 22.5. The number of nitrogens with zero attached hydrogens (tertiary/aromatic N) is 1. The van der Waals surface area contributed by atoms with Crippen LogP contribution in [0.5, 0.6) is 0 Å². The Balaban J connectivity index is 2.94. The smallest absolute Gasteiger partial charge is 0.243 e. The summed E-state index contributed by atoms with van der Waals surface area (Å²) >= 11 is 0. The highest BCUT2D eigenvalue weighted by Gasteiger charge is 2.44. The summed E-state index contributed by atoms with van der Waals surface area (Å²) in [5.74, 6) is -0.411. The summed E-state index contributed by atoms with van der Waals surface area (Å²) < 4.78 is 21.7. The Morgan fingerprint density at radius 1 is 1.50 bits per heavy atom. The number of aliphatic hydroxyl groups excluding tert-OH is 1. The Morgan fingerprint density at radius 2 is 2.06 bits per heavy atom. The molecular weight excluding hydrogens is 230 g/mol. The van der Waals surface area contributed by atoms with Gasteiger partial charge in [0.15, 0.2) is 9.84 Å². The van der Waals surface area contributed by atoms with Crippen LogP contribution in [0.2, 0.25) is 0 Å². The van der Waals surface area contributed by atoms with Crippen molar-refractivity contribution >= 4 is 15.7 Å². The SMILES string of the molecule is CC(C)(C(=O)N1CCC[C@@H]1CO)S(C)(=O)=O. The molecule has 6 heteroatoms. The standard InChI is InChI=1S/C10H19NO4S/c1-10(2,16(3,14)15)9(13)11-6-4-5-8(11)7-12/h8,12H,4-7H2,1-3H3/t8-/m1/s1. The zero-order valence-corrected chi connectivity index (χ0v) is 10.7. The summed E-state index contributed by atoms with van der Waals surface area (Å²) in [6.45, 7) is 3.25. The van der Waals surface area contributed by atoms with Crippen LogP contribution in [-0.2, 0) is 14.6 Å². The second kappa shape index (κ2) is 4.33. The molecule has 1 amide bonds. The van der Waals surface area contributed by atoms with Gasteiger partial charge >= 0.3 is 0 Å². The Labute approximate surface area is 96.4 Å². The van der Waals surface area contributed by atoms with Gasteiger partial charge in [0, 0.05) is 12.8 Å². The van der Waals surface area contributed by atoms with Gasteiger partial charge in [-0.1, -0.05) is 0 Å². The van der Waals surface area contributed by atoms with E-state index in [0.717, 1.165) is 19.1 Å². The van der Waals surface area contributed by atoms with Crippen molar-refractivity contribution in [3.63, 3.8) is 0 Å². The molecule has 1 N–H and O–H groups in total. The number of aliphatic hydroxyl groups is 1. The average molecular weight is 249 g/mol. The Morgan fingerprint density at radius 3 is 2.50 bits per heavy atom. The molecule has 0 aromatic carbocycles. The first-order valence-corrected chi connectivity index (χ1v) is 7.22. The van der Waals surface area contributed by atoms with Gasteiger partial charge in [-0.15, -0.1) is 0 Å². The molecule has 0 unspecified atom stereocenters. The lowest BCUT2D eigenvalue weighted by molar-refractivity contribution is -0.134. The van der Waals surface area contributed by atoms with E-state index in [-0.39, 0.29) is 12.6 Å². The van der Waals surface area contributed by atoms with E-state index in [1.807, 2.05) is 0 Å². The van der Waals surface area contributed by atoms with E-state index in [4.69, 9.17) is 5.11 Å². The minimum absolute atomic E-state index is 0.106. The number of hydrogen-bond acceptors (Lipinski definition) is 4. The minimum Gasteiger partial charge on any atom is -0.394 e. The Hall–Kier alpha value is -0.620. The van der Waals surface area contributed by atoms with Crippen LogP contribution in [0.15, 0.2) is 0 Å². The van der Waals surface area contributed by atoms with Gasteiger partial charge in [-0.3, -0.25) is 4.79 Å². The number of rotatable bonds is 3. The van der Waals surface area contributed by atoms with Crippen LogP contribution in [0.25, 0.3) is 0 Å². The third-order valence-electron chi connectivity index (χ3n) is 3.29. The lowest BCUT2D eigenvalue weighted by Gasteiger charge is -2.31. The molecule has 0 spiro atoms. The van der Waals surface area contributed by atoms with Crippen LogP contribution in [0.1, 0.15) is 26.7 Å². The number of carbonyl (C=O) groups excluding carboxylic acids is 1. The topological polar surface area (TPSA) is 74.7 Å². The molecule has 5 nitrogen and oxygen atoms in total. The molecule has 1 heterocycles. The van der Waals surface area contributed by atoms with E-state index in [0.29, 0.717) is 6.54 Å². The molecule has 0 bridgehead atoms. The quantitative estimate of drug-likeness (QED) is 0.751. The summed E-state index contributed by atoms with van der Waals surface area (Å²) in [6, 6.07) is -0.228. The highest BCUT2D eigenvalue weighted by molar-refractivity contribution is 7.92. The van der Waals surface area contributed by atoms with Gasteiger partial charge in [-0.2, -0.15) is 0 Å². The molecule has 16 heavy (non-hydrogen) atoms.